The monoisotopic (exact) mass is 297 g/mol. The van der Waals surface area contributed by atoms with Crippen LogP contribution < -0.4 is 10.1 Å². The third-order valence-corrected chi connectivity index (χ3v) is 3.32. The van der Waals surface area contributed by atoms with Crippen LogP contribution in [0, 0.1) is 0 Å². The molecule has 0 radical (unpaired) electrons. The van der Waals surface area contributed by atoms with E-state index in [1.807, 2.05) is 30.3 Å². The third-order valence-electron chi connectivity index (χ3n) is 3.32. The molecule has 6 nitrogen and oxygen atoms in total. The van der Waals surface area contributed by atoms with Gasteiger partial charge in [0, 0.05) is 12.6 Å². The van der Waals surface area contributed by atoms with Crippen molar-refractivity contribution in [3.8, 4) is 5.75 Å². The van der Waals surface area contributed by atoms with Gasteiger partial charge in [-0.15, -0.1) is 0 Å². The lowest BCUT2D eigenvalue weighted by molar-refractivity contribution is -0.110. The molecule has 2 aromatic rings. The highest BCUT2D eigenvalue weighted by Crippen LogP contribution is 2.28. The van der Waals surface area contributed by atoms with E-state index in [0.29, 0.717) is 23.7 Å². The van der Waals surface area contributed by atoms with Gasteiger partial charge < -0.3 is 14.9 Å². The third kappa shape index (κ3) is 2.90. The van der Waals surface area contributed by atoms with Crippen LogP contribution in [0.15, 0.2) is 53.8 Å². The van der Waals surface area contributed by atoms with Gasteiger partial charge in [0.15, 0.2) is 17.7 Å². The minimum absolute atomic E-state index is 0.229. The molecule has 1 aromatic heterocycles. The second-order valence-electron chi connectivity index (χ2n) is 4.76. The maximum absolute atomic E-state index is 12.2. The number of oxime groups is 1. The molecule has 2 heterocycles. The quantitative estimate of drug-likeness (QED) is 0.941. The number of hydrogen-bond donors (Lipinski definition) is 1. The van der Waals surface area contributed by atoms with Gasteiger partial charge in [0.25, 0.3) is 5.91 Å². The normalized spacial score (nSPS) is 16.6. The zero-order valence-corrected chi connectivity index (χ0v) is 12.0. The summed E-state index contributed by atoms with van der Waals surface area (Å²) < 4.78 is 5.15. The Hall–Kier alpha value is -2.89. The van der Waals surface area contributed by atoms with Crippen molar-refractivity contribution >= 4 is 17.4 Å². The fourth-order valence-corrected chi connectivity index (χ4v) is 2.19. The largest absolute Gasteiger partial charge is 0.493 e. The SMILES string of the molecule is COc1cccnc1NC(=O)C1=NOC(c2ccccc2)C1. The number of nitrogens with zero attached hydrogens (tertiary/aromatic N) is 2. The molecule has 1 amide bonds. The van der Waals surface area contributed by atoms with Crippen molar-refractivity contribution in [1.82, 2.24) is 4.98 Å². The number of aromatic nitrogens is 1. The van der Waals surface area contributed by atoms with Gasteiger partial charge in [0.1, 0.15) is 5.71 Å². The van der Waals surface area contributed by atoms with Crippen molar-refractivity contribution in [3.05, 3.63) is 54.2 Å². The van der Waals surface area contributed by atoms with E-state index in [9.17, 15) is 4.79 Å². The molecule has 112 valence electrons. The van der Waals surface area contributed by atoms with E-state index in [4.69, 9.17) is 9.57 Å². The zero-order valence-electron chi connectivity index (χ0n) is 12.0. The molecule has 1 N–H and O–H groups in total. The molecule has 1 aliphatic rings. The van der Waals surface area contributed by atoms with Crippen LogP contribution in [0.2, 0.25) is 0 Å². The number of hydrogen-bond acceptors (Lipinski definition) is 5. The molecule has 0 fully saturated rings. The number of amides is 1. The van der Waals surface area contributed by atoms with Crippen LogP contribution in [0.4, 0.5) is 5.82 Å². The number of ether oxygens (including phenoxy) is 1. The number of rotatable bonds is 4. The van der Waals surface area contributed by atoms with E-state index in [-0.39, 0.29) is 12.0 Å². The number of benzene rings is 1. The molecule has 0 saturated heterocycles. The van der Waals surface area contributed by atoms with Gasteiger partial charge in [-0.1, -0.05) is 35.5 Å². The summed E-state index contributed by atoms with van der Waals surface area (Å²) in [7, 11) is 1.52. The average Bonchev–Trinajstić information content (AvgIpc) is 3.06. The first-order chi connectivity index (χ1) is 10.8. The molecular weight excluding hydrogens is 282 g/mol. The van der Waals surface area contributed by atoms with Crippen molar-refractivity contribution in [2.45, 2.75) is 12.5 Å². The lowest BCUT2D eigenvalue weighted by Gasteiger charge is -2.08. The Bertz CT molecular complexity index is 701. The summed E-state index contributed by atoms with van der Waals surface area (Å²) in [6.45, 7) is 0. The fraction of sp³-hybridized carbons (Fsp3) is 0.188. The Morgan fingerprint density at radius 1 is 1.27 bits per heavy atom. The average molecular weight is 297 g/mol. The van der Waals surface area contributed by atoms with E-state index in [2.05, 4.69) is 15.5 Å². The van der Waals surface area contributed by atoms with Gasteiger partial charge in [-0.25, -0.2) is 4.98 Å². The number of pyridine rings is 1. The number of methoxy groups -OCH3 is 1. The summed E-state index contributed by atoms with van der Waals surface area (Å²) in [4.78, 5) is 21.7. The lowest BCUT2D eigenvalue weighted by atomic mass is 10.0. The zero-order chi connectivity index (χ0) is 15.4. The summed E-state index contributed by atoms with van der Waals surface area (Å²) >= 11 is 0. The Morgan fingerprint density at radius 2 is 2.09 bits per heavy atom. The first-order valence-corrected chi connectivity index (χ1v) is 6.86. The topological polar surface area (TPSA) is 72.8 Å². The molecule has 6 heteroatoms. The van der Waals surface area contributed by atoms with E-state index in [1.165, 1.54) is 7.11 Å². The number of nitrogens with one attached hydrogen (secondary N) is 1. The van der Waals surface area contributed by atoms with E-state index in [1.54, 1.807) is 18.3 Å². The number of anilines is 1. The van der Waals surface area contributed by atoms with Gasteiger partial charge in [0.05, 0.1) is 7.11 Å². The standard InChI is InChI=1S/C16H15N3O3/c1-21-13-8-5-9-17-15(13)18-16(20)12-10-14(22-19-12)11-6-3-2-4-7-11/h2-9,14H,10H2,1H3,(H,17,18,20). The molecule has 0 spiro atoms. The van der Waals surface area contributed by atoms with Gasteiger partial charge in [-0.3, -0.25) is 4.79 Å². The summed E-state index contributed by atoms with van der Waals surface area (Å²) in [5.74, 6) is 0.520. The van der Waals surface area contributed by atoms with Crippen LogP contribution >= 0.6 is 0 Å². The van der Waals surface area contributed by atoms with Gasteiger partial charge in [-0.2, -0.15) is 0 Å². The molecule has 1 atom stereocenters. The second kappa shape index (κ2) is 6.26. The number of carbonyl (C=O) groups excluding carboxylic acids is 1. The van der Waals surface area contributed by atoms with Crippen molar-refractivity contribution in [2.24, 2.45) is 5.16 Å². The molecule has 1 aliphatic heterocycles. The summed E-state index contributed by atoms with van der Waals surface area (Å²) in [5, 5.41) is 6.57. The van der Waals surface area contributed by atoms with Crippen molar-refractivity contribution in [1.29, 1.82) is 0 Å². The highest BCUT2D eigenvalue weighted by molar-refractivity contribution is 6.43. The van der Waals surface area contributed by atoms with Crippen LogP contribution in [0.3, 0.4) is 0 Å². The molecule has 22 heavy (non-hydrogen) atoms. The summed E-state index contributed by atoms with van der Waals surface area (Å²) in [6.07, 6.45) is 1.77. The minimum Gasteiger partial charge on any atom is -0.493 e. The van der Waals surface area contributed by atoms with Crippen LogP contribution in [0.5, 0.6) is 5.75 Å². The Balaban J connectivity index is 1.67. The Morgan fingerprint density at radius 3 is 2.86 bits per heavy atom. The maximum atomic E-state index is 12.2. The van der Waals surface area contributed by atoms with Gasteiger partial charge >= 0.3 is 0 Å². The minimum atomic E-state index is -0.338. The molecule has 3 rings (SSSR count). The van der Waals surface area contributed by atoms with Crippen LogP contribution in [0.25, 0.3) is 0 Å². The van der Waals surface area contributed by atoms with Crippen LogP contribution in [-0.2, 0) is 9.63 Å². The fourth-order valence-electron chi connectivity index (χ4n) is 2.19. The molecule has 0 aliphatic carbocycles. The highest BCUT2D eigenvalue weighted by atomic mass is 16.6. The van der Waals surface area contributed by atoms with Crippen molar-refractivity contribution < 1.29 is 14.4 Å². The second-order valence-corrected chi connectivity index (χ2v) is 4.76. The predicted octanol–water partition coefficient (Wildman–Crippen LogP) is 2.55. The van der Waals surface area contributed by atoms with Crippen LogP contribution in [-0.4, -0.2) is 23.7 Å². The highest BCUT2D eigenvalue weighted by Gasteiger charge is 2.27. The Labute approximate surface area is 127 Å². The molecule has 1 aromatic carbocycles. The lowest BCUT2D eigenvalue weighted by Crippen LogP contribution is -2.22. The smallest absolute Gasteiger partial charge is 0.274 e. The van der Waals surface area contributed by atoms with Crippen molar-refractivity contribution in [2.75, 3.05) is 12.4 Å². The van der Waals surface area contributed by atoms with E-state index >= 15 is 0 Å². The maximum Gasteiger partial charge on any atom is 0.274 e. The predicted molar refractivity (Wildman–Crippen MR) is 81.7 cm³/mol. The summed E-state index contributed by atoms with van der Waals surface area (Å²) in [6, 6.07) is 13.1. The number of carbonyl (C=O) groups is 1. The van der Waals surface area contributed by atoms with Crippen molar-refractivity contribution in [3.63, 3.8) is 0 Å². The molecule has 0 bridgehead atoms. The first-order valence-electron chi connectivity index (χ1n) is 6.86. The molecule has 1 unspecified atom stereocenters. The van der Waals surface area contributed by atoms with Gasteiger partial charge in [0.2, 0.25) is 0 Å². The molecule has 0 saturated carbocycles. The van der Waals surface area contributed by atoms with E-state index < -0.39 is 0 Å². The Kier molecular flexibility index (Phi) is 4.00. The van der Waals surface area contributed by atoms with E-state index in [0.717, 1.165) is 5.56 Å². The van der Waals surface area contributed by atoms with Gasteiger partial charge in [-0.05, 0) is 17.7 Å². The molecular formula is C16H15N3O3. The first kappa shape index (κ1) is 14.1. The van der Waals surface area contributed by atoms with Crippen LogP contribution in [0.1, 0.15) is 18.1 Å². The summed E-state index contributed by atoms with van der Waals surface area (Å²) in [5.41, 5.74) is 1.33.